The van der Waals surface area contributed by atoms with Gasteiger partial charge in [-0.3, -0.25) is 5.10 Å². The lowest BCUT2D eigenvalue weighted by molar-refractivity contribution is 0.324. The molecule has 0 amide bonds. The normalized spacial score (nSPS) is 10.5. The van der Waals surface area contributed by atoms with Crippen molar-refractivity contribution in [2.24, 2.45) is 0 Å². The Kier molecular flexibility index (Phi) is 4.88. The maximum Gasteiger partial charge on any atom is 0.203 e. The molecule has 3 N–H and O–H groups in total. The minimum atomic E-state index is 0.380. The molecule has 1 heterocycles. The number of nitrogens with one attached hydrogen (secondary N) is 1. The molecule has 0 spiro atoms. The standard InChI is InChI=1S/C19H21N3O4/c1-23-13-7-5-11(6-8-13)17-16(19(20)22-21-17)12-9-14(24-2)18(26-4)15(10-12)25-3/h5-10H,1-4H3,(H3,20,21,22). The van der Waals surface area contributed by atoms with Crippen LogP contribution in [0.2, 0.25) is 0 Å². The first-order valence-corrected chi connectivity index (χ1v) is 7.91. The molecule has 2 aromatic carbocycles. The lowest BCUT2D eigenvalue weighted by atomic mass is 10.00. The fraction of sp³-hybridized carbons (Fsp3) is 0.211. The van der Waals surface area contributed by atoms with Crippen LogP contribution in [0.25, 0.3) is 22.4 Å². The van der Waals surface area contributed by atoms with E-state index in [2.05, 4.69) is 10.2 Å². The minimum absolute atomic E-state index is 0.380. The number of methoxy groups -OCH3 is 4. The van der Waals surface area contributed by atoms with E-state index in [1.807, 2.05) is 36.4 Å². The van der Waals surface area contributed by atoms with Crippen molar-refractivity contribution in [1.29, 1.82) is 0 Å². The van der Waals surface area contributed by atoms with Crippen molar-refractivity contribution >= 4 is 5.82 Å². The van der Waals surface area contributed by atoms with E-state index in [9.17, 15) is 0 Å². The molecule has 7 nitrogen and oxygen atoms in total. The second-order valence-corrected chi connectivity index (χ2v) is 5.50. The molecule has 0 radical (unpaired) electrons. The highest BCUT2D eigenvalue weighted by atomic mass is 16.5. The Balaban J connectivity index is 2.17. The number of rotatable bonds is 6. The van der Waals surface area contributed by atoms with Crippen molar-refractivity contribution in [2.45, 2.75) is 0 Å². The Morgan fingerprint density at radius 2 is 1.42 bits per heavy atom. The highest BCUT2D eigenvalue weighted by molar-refractivity contribution is 5.89. The molecule has 0 aliphatic carbocycles. The zero-order chi connectivity index (χ0) is 18.7. The number of hydrogen-bond donors (Lipinski definition) is 2. The second kappa shape index (κ2) is 7.26. The van der Waals surface area contributed by atoms with Gasteiger partial charge in [0.2, 0.25) is 5.75 Å². The van der Waals surface area contributed by atoms with E-state index in [1.165, 1.54) is 0 Å². The first-order chi connectivity index (χ1) is 12.6. The molecule has 0 aliphatic rings. The van der Waals surface area contributed by atoms with E-state index >= 15 is 0 Å². The van der Waals surface area contributed by atoms with Crippen LogP contribution in [0.4, 0.5) is 5.82 Å². The van der Waals surface area contributed by atoms with E-state index in [-0.39, 0.29) is 0 Å². The van der Waals surface area contributed by atoms with Crippen molar-refractivity contribution in [3.05, 3.63) is 36.4 Å². The van der Waals surface area contributed by atoms with Gasteiger partial charge in [-0.1, -0.05) is 0 Å². The fourth-order valence-electron chi connectivity index (χ4n) is 2.84. The molecule has 136 valence electrons. The molecule has 0 fully saturated rings. The Morgan fingerprint density at radius 1 is 0.808 bits per heavy atom. The van der Waals surface area contributed by atoms with Crippen LogP contribution < -0.4 is 24.7 Å². The van der Waals surface area contributed by atoms with E-state index in [0.29, 0.717) is 23.1 Å². The van der Waals surface area contributed by atoms with E-state index in [1.54, 1.807) is 28.4 Å². The third-order valence-electron chi connectivity index (χ3n) is 4.13. The number of anilines is 1. The molecule has 0 atom stereocenters. The first-order valence-electron chi connectivity index (χ1n) is 7.91. The number of ether oxygens (including phenoxy) is 4. The van der Waals surface area contributed by atoms with Gasteiger partial charge in [-0.05, 0) is 42.0 Å². The Labute approximate surface area is 151 Å². The Bertz CT molecular complexity index is 879. The molecule has 0 bridgehead atoms. The number of nitrogens with zero attached hydrogens (tertiary/aromatic N) is 1. The average Bonchev–Trinajstić information content (AvgIpc) is 3.08. The van der Waals surface area contributed by atoms with Crippen molar-refractivity contribution in [2.75, 3.05) is 34.2 Å². The minimum Gasteiger partial charge on any atom is -0.497 e. The third-order valence-corrected chi connectivity index (χ3v) is 4.13. The van der Waals surface area contributed by atoms with Gasteiger partial charge in [0.15, 0.2) is 17.3 Å². The van der Waals surface area contributed by atoms with Crippen LogP contribution in [0.1, 0.15) is 0 Å². The van der Waals surface area contributed by atoms with E-state index < -0.39 is 0 Å². The van der Waals surface area contributed by atoms with Crippen molar-refractivity contribution < 1.29 is 18.9 Å². The van der Waals surface area contributed by atoms with Crippen LogP contribution >= 0.6 is 0 Å². The van der Waals surface area contributed by atoms with Gasteiger partial charge in [0.1, 0.15) is 5.75 Å². The zero-order valence-electron chi connectivity index (χ0n) is 15.1. The largest absolute Gasteiger partial charge is 0.497 e. The Morgan fingerprint density at radius 3 is 1.92 bits per heavy atom. The number of benzene rings is 2. The second-order valence-electron chi connectivity index (χ2n) is 5.50. The Hall–Kier alpha value is -3.35. The summed E-state index contributed by atoms with van der Waals surface area (Å²) in [4.78, 5) is 0. The first kappa shape index (κ1) is 17.5. The number of aromatic amines is 1. The summed E-state index contributed by atoms with van der Waals surface area (Å²) in [6.45, 7) is 0. The summed E-state index contributed by atoms with van der Waals surface area (Å²) in [5, 5.41) is 7.18. The summed E-state index contributed by atoms with van der Waals surface area (Å²) in [6.07, 6.45) is 0. The van der Waals surface area contributed by atoms with Gasteiger partial charge in [0, 0.05) is 5.56 Å². The molecule has 0 saturated carbocycles. The highest BCUT2D eigenvalue weighted by Gasteiger charge is 2.20. The van der Waals surface area contributed by atoms with Crippen molar-refractivity contribution in [1.82, 2.24) is 10.2 Å². The SMILES string of the molecule is COc1ccc(-c2[nH]nc(N)c2-c2cc(OC)c(OC)c(OC)c2)cc1. The predicted molar refractivity (Wildman–Crippen MR) is 100 cm³/mol. The highest BCUT2D eigenvalue weighted by Crippen LogP contribution is 2.44. The van der Waals surface area contributed by atoms with Crippen LogP contribution in [-0.2, 0) is 0 Å². The molecule has 3 rings (SSSR count). The number of nitrogen functional groups attached to an aromatic ring is 1. The molecule has 1 aromatic heterocycles. The molecule has 0 aliphatic heterocycles. The predicted octanol–water partition coefficient (Wildman–Crippen LogP) is 3.36. The summed E-state index contributed by atoms with van der Waals surface area (Å²) in [6, 6.07) is 11.3. The molecule has 26 heavy (non-hydrogen) atoms. The number of aromatic nitrogens is 2. The van der Waals surface area contributed by atoms with Crippen molar-refractivity contribution in [3.63, 3.8) is 0 Å². The number of H-pyrrole nitrogens is 1. The lowest BCUT2D eigenvalue weighted by Crippen LogP contribution is -1.97. The average molecular weight is 355 g/mol. The summed E-state index contributed by atoms with van der Waals surface area (Å²) in [5.74, 6) is 2.76. The number of hydrogen-bond acceptors (Lipinski definition) is 6. The molecule has 7 heteroatoms. The van der Waals surface area contributed by atoms with Crippen LogP contribution in [0, 0.1) is 0 Å². The quantitative estimate of drug-likeness (QED) is 0.704. The maximum absolute atomic E-state index is 6.14. The van der Waals surface area contributed by atoms with E-state index in [4.69, 9.17) is 24.7 Å². The summed E-state index contributed by atoms with van der Waals surface area (Å²) < 4.78 is 21.5. The van der Waals surface area contributed by atoms with Crippen molar-refractivity contribution in [3.8, 4) is 45.4 Å². The van der Waals surface area contributed by atoms with Gasteiger partial charge >= 0.3 is 0 Å². The monoisotopic (exact) mass is 355 g/mol. The smallest absolute Gasteiger partial charge is 0.203 e. The number of nitrogens with two attached hydrogens (primary N) is 1. The van der Waals surface area contributed by atoms with Gasteiger partial charge in [0.25, 0.3) is 0 Å². The summed E-state index contributed by atoms with van der Waals surface area (Å²) >= 11 is 0. The van der Waals surface area contributed by atoms with Gasteiger partial charge in [-0.25, -0.2) is 0 Å². The van der Waals surface area contributed by atoms with Gasteiger partial charge in [-0.2, -0.15) is 5.10 Å². The fourth-order valence-corrected chi connectivity index (χ4v) is 2.84. The van der Waals surface area contributed by atoms with Crippen LogP contribution in [0.5, 0.6) is 23.0 Å². The molecular formula is C19H21N3O4. The van der Waals surface area contributed by atoms with Crippen LogP contribution in [-0.4, -0.2) is 38.6 Å². The van der Waals surface area contributed by atoms with E-state index in [0.717, 1.165) is 28.1 Å². The van der Waals surface area contributed by atoms with Gasteiger partial charge < -0.3 is 24.7 Å². The zero-order valence-corrected chi connectivity index (χ0v) is 15.1. The lowest BCUT2D eigenvalue weighted by Gasteiger charge is -2.14. The summed E-state index contributed by atoms with van der Waals surface area (Å²) in [7, 11) is 6.34. The van der Waals surface area contributed by atoms with Crippen LogP contribution in [0.3, 0.4) is 0 Å². The molecule has 0 unspecified atom stereocenters. The van der Waals surface area contributed by atoms with Gasteiger partial charge in [0.05, 0.1) is 39.7 Å². The summed E-state index contributed by atoms with van der Waals surface area (Å²) in [5.41, 5.74) is 9.42. The van der Waals surface area contributed by atoms with Crippen LogP contribution in [0.15, 0.2) is 36.4 Å². The molecule has 3 aromatic rings. The maximum atomic E-state index is 6.14. The molecule has 0 saturated heterocycles. The topological polar surface area (TPSA) is 91.6 Å². The molecular weight excluding hydrogens is 334 g/mol. The third kappa shape index (κ3) is 2.99. The van der Waals surface area contributed by atoms with Gasteiger partial charge in [-0.15, -0.1) is 0 Å².